The van der Waals surface area contributed by atoms with Gasteiger partial charge in [-0.1, -0.05) is 18.2 Å². The van der Waals surface area contributed by atoms with Crippen LogP contribution in [0, 0.1) is 0 Å². The molecule has 8 nitrogen and oxygen atoms in total. The fourth-order valence-electron chi connectivity index (χ4n) is 2.87. The molecule has 3 heterocycles. The number of hydrogen-bond acceptors (Lipinski definition) is 6. The molecule has 1 aromatic heterocycles. The topological polar surface area (TPSA) is 93.0 Å². The third-order valence-corrected chi connectivity index (χ3v) is 5.29. The molecule has 4 rings (SSSR count). The van der Waals surface area contributed by atoms with Crippen LogP contribution in [-0.2, 0) is 11.3 Å². The molecule has 2 aliphatic heterocycles. The SMILES string of the molecule is O=C1N[C@@]2(CCSC2)C(=O)N1Cc1nnnn1-c1ccccc1. The average Bonchev–Trinajstić information content (AvgIpc) is 3.26. The highest BCUT2D eigenvalue weighted by Crippen LogP contribution is 2.33. The Kier molecular flexibility index (Phi) is 3.29. The first kappa shape index (κ1) is 14.2. The van der Waals surface area contributed by atoms with Gasteiger partial charge in [-0.2, -0.15) is 16.4 Å². The minimum atomic E-state index is -0.743. The van der Waals surface area contributed by atoms with Gasteiger partial charge in [0.15, 0.2) is 5.82 Å². The number of rotatable bonds is 3. The maximum absolute atomic E-state index is 12.7. The molecule has 0 bridgehead atoms. The molecule has 0 unspecified atom stereocenters. The molecule has 2 fully saturated rings. The smallest absolute Gasteiger partial charge is 0.322 e. The van der Waals surface area contributed by atoms with E-state index in [2.05, 4.69) is 20.8 Å². The van der Waals surface area contributed by atoms with Crippen LogP contribution in [0.5, 0.6) is 0 Å². The zero-order chi connectivity index (χ0) is 15.9. The number of thioether (sulfide) groups is 1. The average molecular weight is 330 g/mol. The van der Waals surface area contributed by atoms with Crippen molar-refractivity contribution in [3.05, 3.63) is 36.2 Å². The van der Waals surface area contributed by atoms with E-state index in [0.717, 1.165) is 11.4 Å². The number of amides is 3. The summed E-state index contributed by atoms with van der Waals surface area (Å²) < 4.78 is 1.54. The molecule has 3 amide bonds. The molecular formula is C14H14N6O2S. The zero-order valence-electron chi connectivity index (χ0n) is 12.2. The highest BCUT2D eigenvalue weighted by Gasteiger charge is 2.53. The number of hydrogen-bond donors (Lipinski definition) is 1. The Morgan fingerprint density at radius 1 is 1.26 bits per heavy atom. The van der Waals surface area contributed by atoms with E-state index in [1.165, 1.54) is 9.58 Å². The Morgan fingerprint density at radius 3 is 2.83 bits per heavy atom. The second-order valence-electron chi connectivity index (χ2n) is 5.55. The second-order valence-corrected chi connectivity index (χ2v) is 6.65. The van der Waals surface area contributed by atoms with Gasteiger partial charge in [0, 0.05) is 5.75 Å². The van der Waals surface area contributed by atoms with E-state index in [9.17, 15) is 9.59 Å². The van der Waals surface area contributed by atoms with E-state index in [4.69, 9.17) is 0 Å². The maximum Gasteiger partial charge on any atom is 0.325 e. The molecule has 2 saturated heterocycles. The lowest BCUT2D eigenvalue weighted by Gasteiger charge is -2.19. The molecule has 0 radical (unpaired) electrons. The molecular weight excluding hydrogens is 316 g/mol. The Hall–Kier alpha value is -2.42. The first-order valence-electron chi connectivity index (χ1n) is 7.24. The normalized spacial score (nSPS) is 23.7. The number of urea groups is 1. The number of imide groups is 1. The largest absolute Gasteiger partial charge is 0.325 e. The van der Waals surface area contributed by atoms with Crippen LogP contribution in [0.4, 0.5) is 4.79 Å². The van der Waals surface area contributed by atoms with Gasteiger partial charge in [0.2, 0.25) is 0 Å². The van der Waals surface area contributed by atoms with Crippen molar-refractivity contribution in [2.45, 2.75) is 18.5 Å². The van der Waals surface area contributed by atoms with Gasteiger partial charge in [-0.05, 0) is 34.7 Å². The van der Waals surface area contributed by atoms with E-state index < -0.39 is 5.54 Å². The lowest BCUT2D eigenvalue weighted by atomic mass is 9.99. The third-order valence-electron chi connectivity index (χ3n) is 4.10. The van der Waals surface area contributed by atoms with E-state index in [1.807, 2.05) is 30.3 Å². The second kappa shape index (κ2) is 5.34. The summed E-state index contributed by atoms with van der Waals surface area (Å²) in [5, 5.41) is 14.4. The van der Waals surface area contributed by atoms with Crippen molar-refractivity contribution in [3.63, 3.8) is 0 Å². The summed E-state index contributed by atoms with van der Waals surface area (Å²) in [6.45, 7) is 0.0545. The summed E-state index contributed by atoms with van der Waals surface area (Å²) in [5.74, 6) is 1.76. The van der Waals surface area contributed by atoms with Crippen LogP contribution in [0.2, 0.25) is 0 Å². The highest BCUT2D eigenvalue weighted by molar-refractivity contribution is 7.99. The fourth-order valence-corrected chi connectivity index (χ4v) is 4.19. The van der Waals surface area contributed by atoms with Crippen molar-refractivity contribution in [1.29, 1.82) is 0 Å². The van der Waals surface area contributed by atoms with Gasteiger partial charge >= 0.3 is 6.03 Å². The van der Waals surface area contributed by atoms with Crippen molar-refractivity contribution in [3.8, 4) is 5.69 Å². The predicted molar refractivity (Wildman–Crippen MR) is 82.9 cm³/mol. The number of tetrazole rings is 1. The summed E-state index contributed by atoms with van der Waals surface area (Å²) in [4.78, 5) is 26.1. The number of nitrogens with one attached hydrogen (secondary N) is 1. The zero-order valence-corrected chi connectivity index (χ0v) is 13.0. The molecule has 9 heteroatoms. The van der Waals surface area contributed by atoms with Crippen molar-refractivity contribution < 1.29 is 9.59 Å². The summed E-state index contributed by atoms with van der Waals surface area (Å²) in [6, 6.07) is 8.99. The van der Waals surface area contributed by atoms with E-state index >= 15 is 0 Å². The number of carbonyl (C=O) groups excluding carboxylic acids is 2. The van der Waals surface area contributed by atoms with Crippen LogP contribution < -0.4 is 5.32 Å². The molecule has 1 aromatic carbocycles. The summed E-state index contributed by atoms with van der Waals surface area (Å²) in [5.41, 5.74) is 0.0398. The van der Waals surface area contributed by atoms with Gasteiger partial charge in [-0.25, -0.2) is 4.79 Å². The first-order chi connectivity index (χ1) is 11.2. The van der Waals surface area contributed by atoms with Crippen molar-refractivity contribution in [1.82, 2.24) is 30.4 Å². The minimum absolute atomic E-state index is 0.0545. The van der Waals surface area contributed by atoms with Gasteiger partial charge in [-0.15, -0.1) is 5.10 Å². The summed E-state index contributed by atoms with van der Waals surface area (Å²) in [7, 11) is 0. The van der Waals surface area contributed by atoms with Gasteiger partial charge in [-0.3, -0.25) is 9.69 Å². The molecule has 1 atom stereocenters. The van der Waals surface area contributed by atoms with Crippen LogP contribution in [0.3, 0.4) is 0 Å². The van der Waals surface area contributed by atoms with Crippen LogP contribution in [0.15, 0.2) is 30.3 Å². The summed E-state index contributed by atoms with van der Waals surface area (Å²) >= 11 is 1.68. The standard InChI is InChI=1S/C14H14N6O2S/c21-12-14(6-7-23-9-14)15-13(22)19(12)8-11-16-17-18-20(11)10-4-2-1-3-5-10/h1-5H,6-9H2,(H,15,22)/t14-/m1/s1. The molecule has 118 valence electrons. The van der Waals surface area contributed by atoms with Crippen LogP contribution in [-0.4, -0.2) is 54.1 Å². The van der Waals surface area contributed by atoms with E-state index in [1.54, 1.807) is 11.8 Å². The first-order valence-corrected chi connectivity index (χ1v) is 8.40. The van der Waals surface area contributed by atoms with Gasteiger partial charge < -0.3 is 5.32 Å². The minimum Gasteiger partial charge on any atom is -0.322 e. The molecule has 1 N–H and O–H groups in total. The number of benzene rings is 1. The molecule has 0 saturated carbocycles. The van der Waals surface area contributed by atoms with Crippen molar-refractivity contribution in [2.75, 3.05) is 11.5 Å². The Morgan fingerprint density at radius 2 is 2.09 bits per heavy atom. The lowest BCUT2D eigenvalue weighted by Crippen LogP contribution is -2.47. The number of aromatic nitrogens is 4. The number of carbonyl (C=O) groups is 2. The van der Waals surface area contributed by atoms with Gasteiger partial charge in [0.05, 0.1) is 12.2 Å². The monoisotopic (exact) mass is 330 g/mol. The van der Waals surface area contributed by atoms with Crippen molar-refractivity contribution >= 4 is 23.7 Å². The highest BCUT2D eigenvalue weighted by atomic mass is 32.2. The molecule has 2 aromatic rings. The number of para-hydroxylation sites is 1. The Bertz CT molecular complexity index is 756. The van der Waals surface area contributed by atoms with Crippen molar-refractivity contribution in [2.24, 2.45) is 0 Å². The third kappa shape index (κ3) is 2.27. The van der Waals surface area contributed by atoms with E-state index in [-0.39, 0.29) is 18.5 Å². The van der Waals surface area contributed by atoms with Crippen LogP contribution in [0.1, 0.15) is 12.2 Å². The fraction of sp³-hybridized carbons (Fsp3) is 0.357. The predicted octanol–water partition coefficient (Wildman–Crippen LogP) is 0.590. The maximum atomic E-state index is 12.7. The summed E-state index contributed by atoms with van der Waals surface area (Å²) in [6.07, 6.45) is 0.669. The quantitative estimate of drug-likeness (QED) is 0.828. The number of nitrogens with zero attached hydrogens (tertiary/aromatic N) is 5. The Labute approximate surface area is 136 Å². The molecule has 23 heavy (non-hydrogen) atoms. The van der Waals surface area contributed by atoms with Gasteiger partial charge in [0.25, 0.3) is 5.91 Å². The van der Waals surface area contributed by atoms with E-state index in [0.29, 0.717) is 18.0 Å². The molecule has 2 aliphatic rings. The molecule has 1 spiro atoms. The Balaban J connectivity index is 1.61. The van der Waals surface area contributed by atoms with Crippen LogP contribution in [0.25, 0.3) is 5.69 Å². The molecule has 0 aliphatic carbocycles. The lowest BCUT2D eigenvalue weighted by molar-refractivity contribution is -0.131. The van der Waals surface area contributed by atoms with Crippen LogP contribution >= 0.6 is 11.8 Å². The van der Waals surface area contributed by atoms with Gasteiger partial charge in [0.1, 0.15) is 5.54 Å².